The molecule has 9 N–H and O–H groups in total. The highest BCUT2D eigenvalue weighted by Crippen LogP contribution is 2.47. The van der Waals surface area contributed by atoms with Crippen LogP contribution in [0.5, 0.6) is 11.5 Å². The van der Waals surface area contributed by atoms with Gasteiger partial charge in [-0.2, -0.15) is 11.8 Å². The fourth-order valence-corrected chi connectivity index (χ4v) is 10.5. The molecule has 19 nitrogen and oxygen atoms in total. The van der Waals surface area contributed by atoms with Crippen molar-refractivity contribution in [1.29, 1.82) is 0 Å². The number of hydrogen-bond donors (Lipinski definition) is 8. The Morgan fingerprint density at radius 2 is 1.72 bits per heavy atom. The zero-order valence-corrected chi connectivity index (χ0v) is 41.6. The molecule has 3 aliphatic rings. The standard InChI is InChI=1S/C48H74N6O13S/c1-29-24-33-40(51-17-19-65-21-23-66-22-20-64-18-16-50-39(56)15-10-9-14-38-48(6)47(5,28-68-38)53-46(61)54-48)35(55)27-34(42(33)58)52-44(59)30(2)12-11-13-36(62-7)43(67-45(49)60)32(4)26-31(3)41(57)37(25-29)63-8/h11-13,17,26-27,29,31,36-38,41,43,55,57-58H,9-10,14-16,18-25,28H2,1-8H3,(H2,49,60)(H,50,56)(H,52,59)(H2,53,54,61)/t29-,31+,36+,37+,38?,41-,43+,47?,48?/m1/s1. The van der Waals surface area contributed by atoms with E-state index in [1.54, 1.807) is 39.0 Å². The quantitative estimate of drug-likeness (QED) is 0.0215. The van der Waals surface area contributed by atoms with Crippen molar-refractivity contribution in [3.05, 3.63) is 47.1 Å². The van der Waals surface area contributed by atoms with Crippen molar-refractivity contribution in [1.82, 2.24) is 16.0 Å². The number of methoxy groups -OCH3 is 2. The van der Waals surface area contributed by atoms with Crippen LogP contribution in [-0.2, 0) is 44.4 Å². The summed E-state index contributed by atoms with van der Waals surface area (Å²) in [6, 6.07) is 1.11. The number of aromatic hydroxyl groups is 2. The molecule has 3 aliphatic heterocycles. The van der Waals surface area contributed by atoms with E-state index in [-0.39, 0.29) is 89.2 Å². The predicted octanol–water partition coefficient (Wildman–Crippen LogP) is 4.93. The Balaban J connectivity index is 1.25. The Kier molecular flexibility index (Phi) is 22.1. The summed E-state index contributed by atoms with van der Waals surface area (Å²) in [6.07, 6.45) is 7.02. The SMILES string of the molecule is CO[C@H]1C=CC=C(C)C(=O)Nc2cc(O)c(N=CCOCCOCCOCCNC(=O)CCCCC3SCC4(C)NC(=O)NC34C)c(c2O)C[C@@H](C)C[C@H](OC)[C@H](O)[C@@H](C)C=C(C)[C@@H]1OC(N)=O. The maximum atomic E-state index is 13.3. The number of phenolic OH excluding ortho intramolecular Hbond substituents is 2. The van der Waals surface area contributed by atoms with Gasteiger partial charge in [-0.15, -0.1) is 0 Å². The van der Waals surface area contributed by atoms with E-state index in [9.17, 15) is 34.5 Å². The zero-order valence-electron chi connectivity index (χ0n) is 40.8. The van der Waals surface area contributed by atoms with E-state index in [4.69, 9.17) is 34.2 Å². The minimum Gasteiger partial charge on any atom is -0.506 e. The minimum absolute atomic E-state index is 0.0176. The molecular formula is C48H74N6O13S. The van der Waals surface area contributed by atoms with Crippen molar-refractivity contribution in [3.8, 4) is 11.5 Å². The number of fused-ring (bicyclic) bond motifs is 3. The number of thioether (sulfide) groups is 1. The highest BCUT2D eigenvalue weighted by atomic mass is 32.2. The molecule has 68 heavy (non-hydrogen) atoms. The van der Waals surface area contributed by atoms with Crippen LogP contribution in [0.4, 0.5) is 21.0 Å². The summed E-state index contributed by atoms with van der Waals surface area (Å²) < 4.78 is 33.6. The highest BCUT2D eigenvalue weighted by molar-refractivity contribution is 8.00. The lowest BCUT2D eigenvalue weighted by molar-refractivity contribution is -0.121. The van der Waals surface area contributed by atoms with Crippen molar-refractivity contribution in [2.45, 2.75) is 121 Å². The van der Waals surface area contributed by atoms with E-state index in [0.717, 1.165) is 25.0 Å². The van der Waals surface area contributed by atoms with Crippen LogP contribution >= 0.6 is 11.8 Å². The van der Waals surface area contributed by atoms with Crippen LogP contribution in [0.15, 0.2) is 46.5 Å². The zero-order chi connectivity index (χ0) is 50.0. The number of primary amides is 1. The van der Waals surface area contributed by atoms with E-state index in [2.05, 4.69) is 40.1 Å². The molecule has 380 valence electrons. The Morgan fingerprint density at radius 1 is 1.01 bits per heavy atom. The van der Waals surface area contributed by atoms with Gasteiger partial charge in [0.25, 0.3) is 5.91 Å². The number of nitrogens with two attached hydrogens (primary N) is 1. The molecule has 1 aromatic rings. The Morgan fingerprint density at radius 3 is 2.41 bits per heavy atom. The fourth-order valence-electron chi connectivity index (χ4n) is 8.62. The summed E-state index contributed by atoms with van der Waals surface area (Å²) >= 11 is 1.87. The van der Waals surface area contributed by atoms with Crippen LogP contribution in [0.3, 0.4) is 0 Å². The number of hydrogen-bond acceptors (Lipinski definition) is 15. The van der Waals surface area contributed by atoms with E-state index in [0.29, 0.717) is 50.0 Å². The van der Waals surface area contributed by atoms with Crippen LogP contribution in [0, 0.1) is 11.8 Å². The summed E-state index contributed by atoms with van der Waals surface area (Å²) in [4.78, 5) is 53.9. The minimum atomic E-state index is -1.01. The molecule has 4 rings (SSSR count). The van der Waals surface area contributed by atoms with Gasteiger partial charge in [0, 0.05) is 67.5 Å². The van der Waals surface area contributed by atoms with Gasteiger partial charge in [-0.05, 0) is 64.9 Å². The van der Waals surface area contributed by atoms with Crippen molar-refractivity contribution in [3.63, 3.8) is 0 Å². The normalized spacial score (nSPS) is 28.0. The third-order valence-corrected chi connectivity index (χ3v) is 14.6. The molecule has 3 unspecified atom stereocenters. The molecule has 0 spiro atoms. The van der Waals surface area contributed by atoms with Crippen LogP contribution in [0.1, 0.15) is 79.2 Å². The lowest BCUT2D eigenvalue weighted by Gasteiger charge is -2.35. The average molecular weight is 975 g/mol. The number of rotatable bonds is 20. The third-order valence-electron chi connectivity index (χ3n) is 12.8. The molecule has 1 aromatic carbocycles. The molecule has 0 aliphatic carbocycles. The molecule has 5 amide bonds. The maximum absolute atomic E-state index is 13.3. The lowest BCUT2D eigenvalue weighted by atomic mass is 9.79. The van der Waals surface area contributed by atoms with Gasteiger partial charge in [-0.3, -0.25) is 14.6 Å². The number of aliphatic hydroxyl groups excluding tert-OH is 1. The van der Waals surface area contributed by atoms with Gasteiger partial charge in [0.15, 0.2) is 6.10 Å². The number of nitrogens with one attached hydrogen (secondary N) is 4. The summed E-state index contributed by atoms with van der Waals surface area (Å²) in [6.45, 7) is 13.2. The Hall–Kier alpha value is -4.70. The molecule has 3 heterocycles. The second-order valence-corrected chi connectivity index (χ2v) is 19.3. The Bertz CT molecular complexity index is 2000. The number of phenols is 2. The third kappa shape index (κ3) is 15.7. The largest absolute Gasteiger partial charge is 0.506 e. The van der Waals surface area contributed by atoms with Gasteiger partial charge in [0.1, 0.15) is 23.3 Å². The molecule has 9 atom stereocenters. The average Bonchev–Trinajstić information content (AvgIpc) is 3.66. The lowest BCUT2D eigenvalue weighted by Crippen LogP contribution is -2.58. The monoisotopic (exact) mass is 975 g/mol. The Labute approximate surface area is 404 Å². The van der Waals surface area contributed by atoms with Crippen molar-refractivity contribution < 1.29 is 62.9 Å². The number of benzene rings is 1. The van der Waals surface area contributed by atoms with Gasteiger partial charge in [0.2, 0.25) is 5.91 Å². The first-order valence-electron chi connectivity index (χ1n) is 23.2. The van der Waals surface area contributed by atoms with Gasteiger partial charge in [-0.25, -0.2) is 9.59 Å². The van der Waals surface area contributed by atoms with Gasteiger partial charge >= 0.3 is 12.1 Å². The van der Waals surface area contributed by atoms with E-state index >= 15 is 0 Å². The van der Waals surface area contributed by atoms with Crippen LogP contribution in [0.2, 0.25) is 0 Å². The molecule has 2 bridgehead atoms. The van der Waals surface area contributed by atoms with Crippen LogP contribution in [-0.4, -0.2) is 152 Å². The number of nitrogens with zero attached hydrogens (tertiary/aromatic N) is 1. The van der Waals surface area contributed by atoms with Crippen molar-refractivity contribution >= 4 is 53.3 Å². The van der Waals surface area contributed by atoms with E-state index in [1.165, 1.54) is 32.6 Å². The summed E-state index contributed by atoms with van der Waals surface area (Å²) in [7, 11) is 2.92. The number of carbonyl (C=O) groups is 4. The number of ether oxygens (including phenoxy) is 6. The molecule has 0 aromatic heterocycles. The number of amides is 5. The molecular weight excluding hydrogens is 901 g/mol. The van der Waals surface area contributed by atoms with Crippen LogP contribution in [0.25, 0.3) is 0 Å². The van der Waals surface area contributed by atoms with Crippen LogP contribution < -0.4 is 27.0 Å². The number of urea groups is 1. The number of carbonyl (C=O) groups excluding carboxylic acids is 4. The van der Waals surface area contributed by atoms with Crippen molar-refractivity contribution in [2.75, 3.05) is 71.5 Å². The van der Waals surface area contributed by atoms with Gasteiger partial charge < -0.3 is 70.7 Å². The summed E-state index contributed by atoms with van der Waals surface area (Å²) in [5, 5.41) is 46.3. The first-order chi connectivity index (χ1) is 32.3. The summed E-state index contributed by atoms with van der Waals surface area (Å²) in [5.41, 5.74) is 6.01. The summed E-state index contributed by atoms with van der Waals surface area (Å²) in [5.74, 6) is -0.998. The second-order valence-electron chi connectivity index (χ2n) is 18.1. The number of unbranched alkanes of at least 4 members (excludes halogenated alkanes) is 1. The van der Waals surface area contributed by atoms with Crippen molar-refractivity contribution in [2.24, 2.45) is 22.6 Å². The molecule has 2 fully saturated rings. The highest BCUT2D eigenvalue weighted by Gasteiger charge is 2.60. The molecule has 0 saturated carbocycles. The maximum Gasteiger partial charge on any atom is 0.405 e. The van der Waals surface area contributed by atoms with Gasteiger partial charge in [-0.1, -0.05) is 44.6 Å². The number of aliphatic hydroxyl groups is 1. The fraction of sp³-hybridized carbons (Fsp3) is 0.646. The topological polar surface area (TPSA) is 271 Å². The van der Waals surface area contributed by atoms with E-state index in [1.807, 2.05) is 18.7 Å². The molecule has 0 radical (unpaired) electrons. The molecule has 2 saturated heterocycles. The number of aliphatic imine (C=N–C) groups is 1. The number of allylic oxidation sites excluding steroid dienone is 2. The van der Waals surface area contributed by atoms with Gasteiger partial charge in [0.05, 0.1) is 68.6 Å². The second kappa shape index (κ2) is 26.9. The van der Waals surface area contributed by atoms with E-state index < -0.39 is 42.3 Å². The first-order valence-corrected chi connectivity index (χ1v) is 24.3. The molecule has 20 heteroatoms. The number of anilines is 1. The smallest absolute Gasteiger partial charge is 0.405 e. The predicted molar refractivity (Wildman–Crippen MR) is 261 cm³/mol. The first kappa shape index (κ1) is 55.9.